The number of hydrogen-bond donors (Lipinski definition) is 0. The summed E-state index contributed by atoms with van der Waals surface area (Å²) in [7, 11) is 0. The molecule has 3 rings (SSSR count). The Balaban J connectivity index is 1.63. The van der Waals surface area contributed by atoms with Crippen LogP contribution in [0.2, 0.25) is 0 Å². The Morgan fingerprint density at radius 2 is 2.00 bits per heavy atom. The van der Waals surface area contributed by atoms with E-state index in [0.29, 0.717) is 5.92 Å². The summed E-state index contributed by atoms with van der Waals surface area (Å²) in [5, 5.41) is 0. The van der Waals surface area contributed by atoms with Gasteiger partial charge < -0.3 is 9.47 Å². The summed E-state index contributed by atoms with van der Waals surface area (Å²) in [4.78, 5) is 2.56. The fourth-order valence-corrected chi connectivity index (χ4v) is 3.32. The second-order valence-electron chi connectivity index (χ2n) is 6.18. The number of aryl methyl sites for hydroxylation is 2. The molecule has 20 heavy (non-hydrogen) atoms. The minimum Gasteiger partial charge on any atom is -0.350 e. The summed E-state index contributed by atoms with van der Waals surface area (Å²) in [6.45, 7) is 9.24. The number of rotatable bonds is 3. The van der Waals surface area contributed by atoms with Crippen LogP contribution in [0.15, 0.2) is 18.2 Å². The van der Waals surface area contributed by atoms with Crippen molar-refractivity contribution in [2.75, 3.05) is 26.3 Å². The molecule has 2 saturated heterocycles. The Morgan fingerprint density at radius 1 is 1.20 bits per heavy atom. The third-order valence-corrected chi connectivity index (χ3v) is 4.47. The summed E-state index contributed by atoms with van der Waals surface area (Å²) < 4.78 is 11.4. The average Bonchev–Trinajstić information content (AvgIpc) is 2.97. The van der Waals surface area contributed by atoms with Gasteiger partial charge in [0.1, 0.15) is 0 Å². The van der Waals surface area contributed by atoms with Crippen LogP contribution in [-0.4, -0.2) is 37.5 Å². The smallest absolute Gasteiger partial charge is 0.161 e. The van der Waals surface area contributed by atoms with Gasteiger partial charge >= 0.3 is 0 Å². The van der Waals surface area contributed by atoms with Crippen molar-refractivity contribution < 1.29 is 9.47 Å². The van der Waals surface area contributed by atoms with Crippen molar-refractivity contribution in [2.24, 2.45) is 5.92 Å². The number of piperidine rings is 1. The number of ether oxygens (including phenoxy) is 2. The molecule has 2 fully saturated rings. The van der Waals surface area contributed by atoms with Crippen molar-refractivity contribution in [3.8, 4) is 0 Å². The fourth-order valence-electron chi connectivity index (χ4n) is 3.32. The van der Waals surface area contributed by atoms with Crippen LogP contribution >= 0.6 is 0 Å². The molecule has 0 N–H and O–H groups in total. The number of benzene rings is 1. The fraction of sp³-hybridized carbons (Fsp3) is 0.647. The molecule has 3 heteroatoms. The molecule has 0 bridgehead atoms. The molecule has 0 saturated carbocycles. The molecule has 3 nitrogen and oxygen atoms in total. The lowest BCUT2D eigenvalue weighted by Gasteiger charge is -2.35. The average molecular weight is 275 g/mol. The molecular formula is C17H25NO2. The zero-order chi connectivity index (χ0) is 13.9. The number of likely N-dealkylation sites (tertiary alicyclic amines) is 1. The highest BCUT2D eigenvalue weighted by molar-refractivity contribution is 5.30. The summed E-state index contributed by atoms with van der Waals surface area (Å²) in [6, 6.07) is 6.74. The van der Waals surface area contributed by atoms with Gasteiger partial charge in [0.25, 0.3) is 0 Å². The molecule has 0 radical (unpaired) electrons. The highest BCUT2D eigenvalue weighted by Crippen LogP contribution is 2.26. The molecule has 0 aliphatic carbocycles. The maximum atomic E-state index is 5.68. The van der Waals surface area contributed by atoms with Gasteiger partial charge in [0.05, 0.1) is 13.2 Å². The van der Waals surface area contributed by atoms with Crippen molar-refractivity contribution >= 4 is 0 Å². The van der Waals surface area contributed by atoms with Gasteiger partial charge in [-0.15, -0.1) is 0 Å². The van der Waals surface area contributed by atoms with Crippen LogP contribution in [0.1, 0.15) is 29.5 Å². The molecule has 0 spiro atoms. The van der Waals surface area contributed by atoms with Crippen LogP contribution in [0.25, 0.3) is 0 Å². The standard InChI is InChI=1S/C17H25NO2/c1-13-5-6-14(2)16(10-13)12-18-7-3-4-15(11-18)17-19-8-9-20-17/h5-6,10,15,17H,3-4,7-9,11-12H2,1-2H3. The quantitative estimate of drug-likeness (QED) is 0.846. The maximum absolute atomic E-state index is 5.68. The second kappa shape index (κ2) is 6.25. The second-order valence-corrected chi connectivity index (χ2v) is 6.18. The monoisotopic (exact) mass is 275 g/mol. The van der Waals surface area contributed by atoms with Gasteiger partial charge in [-0.1, -0.05) is 23.8 Å². The first-order valence-electron chi connectivity index (χ1n) is 7.74. The molecule has 0 amide bonds. The molecule has 1 aromatic carbocycles. The van der Waals surface area contributed by atoms with Gasteiger partial charge in [-0.25, -0.2) is 0 Å². The summed E-state index contributed by atoms with van der Waals surface area (Å²) in [6.07, 6.45) is 2.52. The summed E-state index contributed by atoms with van der Waals surface area (Å²) in [5.74, 6) is 0.538. The lowest BCUT2D eigenvalue weighted by molar-refractivity contribution is -0.101. The van der Waals surface area contributed by atoms with Gasteiger partial charge in [0, 0.05) is 19.0 Å². The van der Waals surface area contributed by atoms with Gasteiger partial charge in [0.15, 0.2) is 6.29 Å². The third-order valence-electron chi connectivity index (χ3n) is 4.47. The molecule has 2 aliphatic rings. The van der Waals surface area contributed by atoms with E-state index < -0.39 is 0 Å². The van der Waals surface area contributed by atoms with Crippen molar-refractivity contribution in [1.82, 2.24) is 4.90 Å². The Bertz CT molecular complexity index is 454. The Labute approximate surface area is 121 Å². The van der Waals surface area contributed by atoms with Crippen LogP contribution in [0, 0.1) is 19.8 Å². The van der Waals surface area contributed by atoms with E-state index in [1.54, 1.807) is 0 Å². The number of hydrogen-bond acceptors (Lipinski definition) is 3. The normalized spacial score (nSPS) is 25.2. The van der Waals surface area contributed by atoms with Crippen LogP contribution in [0.3, 0.4) is 0 Å². The van der Waals surface area contributed by atoms with Gasteiger partial charge in [-0.05, 0) is 44.4 Å². The summed E-state index contributed by atoms with van der Waals surface area (Å²) in [5.41, 5.74) is 4.20. The first kappa shape index (κ1) is 14.1. The Kier molecular flexibility index (Phi) is 4.39. The van der Waals surface area contributed by atoms with Crippen LogP contribution in [0.5, 0.6) is 0 Å². The third kappa shape index (κ3) is 3.22. The molecule has 1 atom stereocenters. The van der Waals surface area contributed by atoms with Gasteiger partial charge in [-0.3, -0.25) is 4.90 Å². The molecule has 2 aliphatic heterocycles. The molecule has 1 unspecified atom stereocenters. The van der Waals surface area contributed by atoms with E-state index in [-0.39, 0.29) is 6.29 Å². The molecule has 110 valence electrons. The predicted molar refractivity (Wildman–Crippen MR) is 79.6 cm³/mol. The zero-order valence-corrected chi connectivity index (χ0v) is 12.6. The lowest BCUT2D eigenvalue weighted by Crippen LogP contribution is -2.40. The van der Waals surface area contributed by atoms with Crippen molar-refractivity contribution in [3.05, 3.63) is 34.9 Å². The van der Waals surface area contributed by atoms with E-state index in [9.17, 15) is 0 Å². The molecular weight excluding hydrogens is 250 g/mol. The van der Waals surface area contributed by atoms with E-state index in [4.69, 9.17) is 9.47 Å². The molecule has 1 aromatic rings. The van der Waals surface area contributed by atoms with E-state index >= 15 is 0 Å². The maximum Gasteiger partial charge on any atom is 0.161 e. The van der Waals surface area contributed by atoms with Crippen molar-refractivity contribution in [2.45, 2.75) is 39.5 Å². The first-order valence-corrected chi connectivity index (χ1v) is 7.74. The Hall–Kier alpha value is -0.900. The minimum atomic E-state index is 0.0383. The van der Waals surface area contributed by atoms with E-state index in [1.165, 1.54) is 36.1 Å². The van der Waals surface area contributed by atoms with E-state index in [0.717, 1.165) is 26.3 Å². The van der Waals surface area contributed by atoms with Crippen LogP contribution < -0.4 is 0 Å². The SMILES string of the molecule is Cc1ccc(C)c(CN2CCCC(C3OCCO3)C2)c1. The lowest BCUT2D eigenvalue weighted by atomic mass is 9.96. The minimum absolute atomic E-state index is 0.0383. The molecule has 2 heterocycles. The van der Waals surface area contributed by atoms with Gasteiger partial charge in [-0.2, -0.15) is 0 Å². The summed E-state index contributed by atoms with van der Waals surface area (Å²) >= 11 is 0. The highest BCUT2D eigenvalue weighted by Gasteiger charge is 2.31. The highest BCUT2D eigenvalue weighted by atomic mass is 16.7. The van der Waals surface area contributed by atoms with Crippen molar-refractivity contribution in [3.63, 3.8) is 0 Å². The first-order chi connectivity index (χ1) is 9.72. The predicted octanol–water partition coefficient (Wildman–Crippen LogP) is 2.89. The van der Waals surface area contributed by atoms with Gasteiger partial charge in [0.2, 0.25) is 0 Å². The van der Waals surface area contributed by atoms with Crippen LogP contribution in [0.4, 0.5) is 0 Å². The van der Waals surface area contributed by atoms with E-state index in [1.807, 2.05) is 0 Å². The topological polar surface area (TPSA) is 21.7 Å². The molecule has 0 aromatic heterocycles. The van der Waals surface area contributed by atoms with Crippen LogP contribution in [-0.2, 0) is 16.0 Å². The van der Waals surface area contributed by atoms with Crippen molar-refractivity contribution in [1.29, 1.82) is 0 Å². The van der Waals surface area contributed by atoms with E-state index in [2.05, 4.69) is 36.9 Å². The number of nitrogens with zero attached hydrogens (tertiary/aromatic N) is 1. The zero-order valence-electron chi connectivity index (χ0n) is 12.6. The Morgan fingerprint density at radius 3 is 2.80 bits per heavy atom. The largest absolute Gasteiger partial charge is 0.350 e.